The average molecular weight is 535 g/mol. The molecule has 1 atom stereocenters. The van der Waals surface area contributed by atoms with Crippen molar-refractivity contribution in [3.63, 3.8) is 0 Å². The molecule has 0 radical (unpaired) electrons. The largest absolute Gasteiger partial charge is 0.497 e. The Hall–Kier alpha value is -4.78. The molecule has 13 heteroatoms. The van der Waals surface area contributed by atoms with Crippen molar-refractivity contribution < 1.29 is 19.4 Å². The molecule has 0 aliphatic heterocycles. The number of aromatic nitrogens is 3. The molecule has 0 aliphatic carbocycles. The molecule has 1 aromatic heterocycles. The van der Waals surface area contributed by atoms with Crippen LogP contribution in [0.2, 0.25) is 0 Å². The number of amides is 1. The Morgan fingerprint density at radius 3 is 2.24 bits per heavy atom. The van der Waals surface area contributed by atoms with E-state index in [1.165, 1.54) is 48.2 Å². The van der Waals surface area contributed by atoms with Crippen molar-refractivity contribution in [3.05, 3.63) is 110 Å². The fourth-order valence-corrected chi connectivity index (χ4v) is 4.51. The summed E-state index contributed by atoms with van der Waals surface area (Å²) < 4.78 is 7.02. The van der Waals surface area contributed by atoms with Crippen molar-refractivity contribution >= 4 is 29.0 Å². The minimum absolute atomic E-state index is 0.0616. The monoisotopic (exact) mass is 534 g/mol. The van der Waals surface area contributed by atoms with Crippen molar-refractivity contribution in [2.45, 2.75) is 23.9 Å². The van der Waals surface area contributed by atoms with Gasteiger partial charge in [0.05, 0.1) is 23.0 Å². The lowest BCUT2D eigenvalue weighted by Gasteiger charge is -2.16. The first kappa shape index (κ1) is 26.3. The summed E-state index contributed by atoms with van der Waals surface area (Å²) in [5.41, 5.74) is 1.64. The van der Waals surface area contributed by atoms with E-state index in [4.69, 9.17) is 4.74 Å². The van der Waals surface area contributed by atoms with Gasteiger partial charge >= 0.3 is 0 Å². The van der Waals surface area contributed by atoms with Crippen LogP contribution in [0.5, 0.6) is 5.75 Å². The van der Waals surface area contributed by atoms with Crippen LogP contribution in [-0.2, 0) is 5.75 Å². The third kappa shape index (κ3) is 5.95. The molecule has 4 aromatic rings. The Kier molecular flexibility index (Phi) is 7.97. The third-order valence-corrected chi connectivity index (χ3v) is 6.55. The number of nitrogens with one attached hydrogen (secondary N) is 1. The van der Waals surface area contributed by atoms with E-state index in [2.05, 4.69) is 15.5 Å². The molecule has 0 saturated carbocycles. The van der Waals surface area contributed by atoms with Crippen LogP contribution in [0.25, 0.3) is 5.69 Å². The molecule has 0 fully saturated rings. The highest BCUT2D eigenvalue weighted by Gasteiger charge is 2.22. The summed E-state index contributed by atoms with van der Waals surface area (Å²) in [5, 5.41) is 34.0. The topological polar surface area (TPSA) is 155 Å². The van der Waals surface area contributed by atoms with Gasteiger partial charge in [0.15, 0.2) is 11.0 Å². The number of nitrogens with zero attached hydrogens (tertiary/aromatic N) is 5. The number of thioether (sulfide) groups is 1. The summed E-state index contributed by atoms with van der Waals surface area (Å²) in [6.07, 6.45) is 0. The standard InChI is InChI=1S/C25H22N6O6S/c1-16(26-24(32)18-6-8-20(9-7-18)30(33)34)23-27-28-25(38-15-17-4-3-5-22(14-17)37-2)29(23)19-10-12-21(13-11-19)31(35)36/h3-14,16H,15H2,1-2H3,(H,26,32). The molecule has 3 aromatic carbocycles. The molecule has 0 spiro atoms. The van der Waals surface area contributed by atoms with Crippen LogP contribution in [0.1, 0.15) is 34.7 Å². The highest BCUT2D eigenvalue weighted by Crippen LogP contribution is 2.29. The van der Waals surface area contributed by atoms with Gasteiger partial charge in [-0.15, -0.1) is 10.2 Å². The SMILES string of the molecule is COc1cccc(CSc2nnc(C(C)NC(=O)c3ccc([N+](=O)[O-])cc3)n2-c2ccc([N+](=O)[O-])cc2)c1. The minimum Gasteiger partial charge on any atom is -0.497 e. The van der Waals surface area contributed by atoms with Crippen molar-refractivity contribution in [2.75, 3.05) is 7.11 Å². The molecule has 4 rings (SSSR count). The van der Waals surface area contributed by atoms with Gasteiger partial charge in [0.1, 0.15) is 5.75 Å². The second-order valence-corrected chi connectivity index (χ2v) is 9.03. The Morgan fingerprint density at radius 2 is 1.63 bits per heavy atom. The van der Waals surface area contributed by atoms with E-state index < -0.39 is 21.8 Å². The van der Waals surface area contributed by atoms with E-state index in [9.17, 15) is 25.0 Å². The number of benzene rings is 3. The van der Waals surface area contributed by atoms with Crippen LogP contribution in [0.3, 0.4) is 0 Å². The Labute approximate surface area is 221 Å². The van der Waals surface area contributed by atoms with E-state index in [1.807, 2.05) is 24.3 Å². The summed E-state index contributed by atoms with van der Waals surface area (Å²) in [5.74, 6) is 1.23. The molecule has 194 valence electrons. The molecular weight excluding hydrogens is 512 g/mol. The van der Waals surface area contributed by atoms with Crippen molar-refractivity contribution in [1.82, 2.24) is 20.1 Å². The van der Waals surface area contributed by atoms with Gasteiger partial charge in [-0.3, -0.25) is 29.6 Å². The van der Waals surface area contributed by atoms with Crippen LogP contribution in [0.15, 0.2) is 78.0 Å². The number of nitro benzene ring substituents is 2. The molecule has 0 aliphatic rings. The molecule has 12 nitrogen and oxygen atoms in total. The fourth-order valence-electron chi connectivity index (χ4n) is 3.61. The quantitative estimate of drug-likeness (QED) is 0.170. The maximum absolute atomic E-state index is 12.8. The number of methoxy groups -OCH3 is 1. The summed E-state index contributed by atoms with van der Waals surface area (Å²) in [7, 11) is 1.59. The van der Waals surface area contributed by atoms with Crippen LogP contribution in [0.4, 0.5) is 11.4 Å². The van der Waals surface area contributed by atoms with Gasteiger partial charge in [-0.1, -0.05) is 23.9 Å². The summed E-state index contributed by atoms with van der Waals surface area (Å²) >= 11 is 1.41. The lowest BCUT2D eigenvalue weighted by atomic mass is 10.2. The van der Waals surface area contributed by atoms with Crippen molar-refractivity contribution in [3.8, 4) is 11.4 Å². The summed E-state index contributed by atoms with van der Waals surface area (Å²) in [6.45, 7) is 1.73. The van der Waals surface area contributed by atoms with Gasteiger partial charge < -0.3 is 10.1 Å². The zero-order valence-corrected chi connectivity index (χ0v) is 21.1. The number of non-ortho nitro benzene ring substituents is 2. The average Bonchev–Trinajstić information content (AvgIpc) is 3.36. The maximum Gasteiger partial charge on any atom is 0.269 e. The van der Waals surface area contributed by atoms with Gasteiger partial charge in [0, 0.05) is 41.3 Å². The number of hydrogen-bond donors (Lipinski definition) is 1. The van der Waals surface area contributed by atoms with E-state index in [0.717, 1.165) is 11.3 Å². The molecule has 0 bridgehead atoms. The van der Waals surface area contributed by atoms with E-state index in [-0.39, 0.29) is 16.9 Å². The van der Waals surface area contributed by atoms with Gasteiger partial charge in [-0.25, -0.2) is 0 Å². The first-order chi connectivity index (χ1) is 18.3. The number of nitro groups is 2. The smallest absolute Gasteiger partial charge is 0.269 e. The van der Waals surface area contributed by atoms with Crippen LogP contribution >= 0.6 is 11.8 Å². The minimum atomic E-state index is -0.619. The lowest BCUT2D eigenvalue weighted by Crippen LogP contribution is -2.28. The first-order valence-electron chi connectivity index (χ1n) is 11.3. The van der Waals surface area contributed by atoms with Crippen LogP contribution in [-0.4, -0.2) is 37.6 Å². The second-order valence-electron chi connectivity index (χ2n) is 8.09. The number of hydrogen-bond acceptors (Lipinski definition) is 9. The zero-order valence-electron chi connectivity index (χ0n) is 20.3. The first-order valence-corrected chi connectivity index (χ1v) is 12.3. The molecule has 1 N–H and O–H groups in total. The van der Waals surface area contributed by atoms with Crippen LogP contribution in [0, 0.1) is 20.2 Å². The van der Waals surface area contributed by atoms with Gasteiger partial charge in [0.2, 0.25) is 0 Å². The van der Waals surface area contributed by atoms with Gasteiger partial charge in [-0.05, 0) is 48.9 Å². The van der Waals surface area contributed by atoms with E-state index >= 15 is 0 Å². The highest BCUT2D eigenvalue weighted by atomic mass is 32.2. The third-order valence-electron chi connectivity index (χ3n) is 5.55. The molecule has 1 unspecified atom stereocenters. The maximum atomic E-state index is 12.8. The molecule has 38 heavy (non-hydrogen) atoms. The van der Waals surface area contributed by atoms with E-state index in [0.29, 0.717) is 22.4 Å². The molecular formula is C25H22N6O6S. The molecule has 1 heterocycles. The van der Waals surface area contributed by atoms with Gasteiger partial charge in [0.25, 0.3) is 17.3 Å². The second kappa shape index (κ2) is 11.5. The highest BCUT2D eigenvalue weighted by molar-refractivity contribution is 7.98. The summed E-state index contributed by atoms with van der Waals surface area (Å²) in [4.78, 5) is 33.8. The van der Waals surface area contributed by atoms with Crippen molar-refractivity contribution in [2.24, 2.45) is 0 Å². The Balaban J connectivity index is 1.62. The predicted molar refractivity (Wildman–Crippen MR) is 140 cm³/mol. The van der Waals surface area contributed by atoms with Gasteiger partial charge in [-0.2, -0.15) is 0 Å². The van der Waals surface area contributed by atoms with E-state index in [1.54, 1.807) is 30.7 Å². The Morgan fingerprint density at radius 1 is 1.00 bits per heavy atom. The number of carbonyl (C=O) groups is 1. The number of rotatable bonds is 10. The number of ether oxygens (including phenoxy) is 1. The van der Waals surface area contributed by atoms with Crippen molar-refractivity contribution in [1.29, 1.82) is 0 Å². The zero-order chi connectivity index (χ0) is 27.2. The summed E-state index contributed by atoms with van der Waals surface area (Å²) in [6, 6.07) is 18.2. The lowest BCUT2D eigenvalue weighted by molar-refractivity contribution is -0.385. The fraction of sp³-hybridized carbons (Fsp3) is 0.160. The molecule has 1 amide bonds. The molecule has 0 saturated heterocycles. The number of carbonyl (C=O) groups excluding carboxylic acids is 1. The Bertz CT molecular complexity index is 1470. The predicted octanol–water partition coefficient (Wildman–Crippen LogP) is 4.88. The normalized spacial score (nSPS) is 11.5. The van der Waals surface area contributed by atoms with Crippen LogP contribution < -0.4 is 10.1 Å².